The Balaban J connectivity index is 2.25. The van der Waals surface area contributed by atoms with Gasteiger partial charge in [0.2, 0.25) is 0 Å². The summed E-state index contributed by atoms with van der Waals surface area (Å²) < 4.78 is 0. The monoisotopic (exact) mass is 228 g/mol. The third-order valence-corrected chi connectivity index (χ3v) is 3.63. The Kier molecular flexibility index (Phi) is 1.92. The van der Waals surface area contributed by atoms with Crippen molar-refractivity contribution in [2.75, 3.05) is 0 Å². The highest BCUT2D eigenvalue weighted by molar-refractivity contribution is 6.06. The van der Waals surface area contributed by atoms with E-state index in [-0.39, 0.29) is 0 Å². The maximum Gasteiger partial charge on any atom is -0.00326 e. The van der Waals surface area contributed by atoms with Gasteiger partial charge in [0.25, 0.3) is 0 Å². The Hall–Kier alpha value is -2.34. The van der Waals surface area contributed by atoms with E-state index in [1.54, 1.807) is 0 Å². The first kappa shape index (κ1) is 9.67. The average molecular weight is 228 g/mol. The molecule has 18 heavy (non-hydrogen) atoms. The normalized spacial score (nSPS) is 12.2. The van der Waals surface area contributed by atoms with E-state index in [2.05, 4.69) is 72.8 Å². The van der Waals surface area contributed by atoms with Crippen LogP contribution in [0.25, 0.3) is 34.1 Å². The SMILES string of the molecule is C1=Cc2cccc3cccc(c23)-c2ccccc21. The molecule has 0 nitrogen and oxygen atoms in total. The lowest BCUT2D eigenvalue weighted by Crippen LogP contribution is -1.84. The molecule has 0 aliphatic heterocycles. The van der Waals surface area contributed by atoms with E-state index < -0.39 is 0 Å². The molecule has 0 amide bonds. The van der Waals surface area contributed by atoms with Gasteiger partial charge < -0.3 is 0 Å². The predicted octanol–water partition coefficient (Wildman–Crippen LogP) is 4.99. The minimum Gasteiger partial charge on any atom is -0.0616 e. The molecule has 0 unspecified atom stereocenters. The molecule has 0 bridgehead atoms. The standard InChI is InChI=1S/C18H12/c1-2-9-16-13(5-1)11-12-15-7-3-6-14-8-4-10-17(16)18(14)15/h1-12H. The van der Waals surface area contributed by atoms with Crippen LogP contribution in [0.2, 0.25) is 0 Å². The van der Waals surface area contributed by atoms with Crippen LogP contribution < -0.4 is 0 Å². The Bertz CT molecular complexity index is 774. The van der Waals surface area contributed by atoms with E-state index in [1.807, 2.05) is 0 Å². The van der Waals surface area contributed by atoms with Crippen molar-refractivity contribution < 1.29 is 0 Å². The molecular formula is C18H12. The Labute approximate surface area is 106 Å². The zero-order valence-corrected chi connectivity index (χ0v) is 9.93. The lowest BCUT2D eigenvalue weighted by molar-refractivity contribution is 1.63. The first-order chi connectivity index (χ1) is 8.93. The molecule has 0 atom stereocenters. The van der Waals surface area contributed by atoms with Crippen LogP contribution in [0.5, 0.6) is 0 Å². The fourth-order valence-electron chi connectivity index (χ4n) is 2.80. The molecule has 0 heterocycles. The van der Waals surface area contributed by atoms with Crippen LogP contribution >= 0.6 is 0 Å². The number of hydrogen-bond donors (Lipinski definition) is 0. The van der Waals surface area contributed by atoms with Crippen LogP contribution in [0.15, 0.2) is 60.7 Å². The summed E-state index contributed by atoms with van der Waals surface area (Å²) in [5.74, 6) is 0. The van der Waals surface area contributed by atoms with Crippen LogP contribution in [0, 0.1) is 0 Å². The molecule has 0 radical (unpaired) electrons. The van der Waals surface area contributed by atoms with E-state index in [1.165, 1.54) is 33.0 Å². The molecule has 3 aromatic rings. The summed E-state index contributed by atoms with van der Waals surface area (Å²) in [4.78, 5) is 0. The van der Waals surface area contributed by atoms with Gasteiger partial charge in [0, 0.05) is 0 Å². The topological polar surface area (TPSA) is 0 Å². The van der Waals surface area contributed by atoms with Crippen molar-refractivity contribution in [3.05, 3.63) is 71.8 Å². The van der Waals surface area contributed by atoms with Gasteiger partial charge in [-0.05, 0) is 33.0 Å². The van der Waals surface area contributed by atoms with Crippen molar-refractivity contribution in [3.63, 3.8) is 0 Å². The Morgan fingerprint density at radius 1 is 0.500 bits per heavy atom. The minimum absolute atomic E-state index is 1.29. The number of benzene rings is 3. The molecule has 0 saturated carbocycles. The molecule has 1 aliphatic rings. The van der Waals surface area contributed by atoms with Gasteiger partial charge in [-0.15, -0.1) is 0 Å². The molecule has 84 valence electrons. The summed E-state index contributed by atoms with van der Waals surface area (Å²) in [6, 6.07) is 21.6. The van der Waals surface area contributed by atoms with Crippen molar-refractivity contribution in [1.29, 1.82) is 0 Å². The van der Waals surface area contributed by atoms with Crippen molar-refractivity contribution in [2.45, 2.75) is 0 Å². The van der Waals surface area contributed by atoms with E-state index in [0.29, 0.717) is 0 Å². The molecule has 0 aromatic heterocycles. The lowest BCUT2D eigenvalue weighted by atomic mass is 9.95. The van der Waals surface area contributed by atoms with Crippen LogP contribution in [0.3, 0.4) is 0 Å². The summed E-state index contributed by atoms with van der Waals surface area (Å²) in [6.07, 6.45) is 4.43. The fourth-order valence-corrected chi connectivity index (χ4v) is 2.80. The maximum atomic E-state index is 2.22. The first-order valence-corrected chi connectivity index (χ1v) is 6.23. The van der Waals surface area contributed by atoms with Gasteiger partial charge in [0.1, 0.15) is 0 Å². The smallest absolute Gasteiger partial charge is 0.00326 e. The van der Waals surface area contributed by atoms with E-state index in [0.717, 1.165) is 0 Å². The highest BCUT2D eigenvalue weighted by atomic mass is 14.1. The number of hydrogen-bond acceptors (Lipinski definition) is 0. The molecule has 4 rings (SSSR count). The lowest BCUT2D eigenvalue weighted by Gasteiger charge is -2.09. The van der Waals surface area contributed by atoms with Gasteiger partial charge in [-0.25, -0.2) is 0 Å². The van der Waals surface area contributed by atoms with E-state index >= 15 is 0 Å². The fraction of sp³-hybridized carbons (Fsp3) is 0. The van der Waals surface area contributed by atoms with Gasteiger partial charge in [0.15, 0.2) is 0 Å². The highest BCUT2D eigenvalue weighted by Crippen LogP contribution is 2.36. The zero-order valence-electron chi connectivity index (χ0n) is 9.93. The number of fused-ring (bicyclic) bond motifs is 2. The first-order valence-electron chi connectivity index (χ1n) is 6.23. The third-order valence-electron chi connectivity index (χ3n) is 3.63. The second-order valence-corrected chi connectivity index (χ2v) is 4.67. The van der Waals surface area contributed by atoms with Crippen LogP contribution in [-0.4, -0.2) is 0 Å². The van der Waals surface area contributed by atoms with Crippen molar-refractivity contribution >= 4 is 22.9 Å². The van der Waals surface area contributed by atoms with E-state index in [4.69, 9.17) is 0 Å². The van der Waals surface area contributed by atoms with Gasteiger partial charge in [0.05, 0.1) is 0 Å². The minimum atomic E-state index is 1.29. The third kappa shape index (κ3) is 1.26. The van der Waals surface area contributed by atoms with Crippen molar-refractivity contribution in [3.8, 4) is 11.1 Å². The van der Waals surface area contributed by atoms with Crippen LogP contribution in [0.1, 0.15) is 11.1 Å². The largest absolute Gasteiger partial charge is 0.0616 e. The molecule has 1 aliphatic carbocycles. The summed E-state index contributed by atoms with van der Waals surface area (Å²) in [5, 5.41) is 2.67. The quantitative estimate of drug-likeness (QED) is 0.397. The van der Waals surface area contributed by atoms with Gasteiger partial charge in [-0.3, -0.25) is 0 Å². The molecule has 0 fully saturated rings. The highest BCUT2D eigenvalue weighted by Gasteiger charge is 2.11. The molecule has 0 spiro atoms. The second-order valence-electron chi connectivity index (χ2n) is 4.67. The second kappa shape index (κ2) is 3.58. The van der Waals surface area contributed by atoms with Crippen molar-refractivity contribution in [2.24, 2.45) is 0 Å². The van der Waals surface area contributed by atoms with Crippen molar-refractivity contribution in [1.82, 2.24) is 0 Å². The van der Waals surface area contributed by atoms with Gasteiger partial charge in [-0.1, -0.05) is 72.8 Å². The summed E-state index contributed by atoms with van der Waals surface area (Å²) in [7, 11) is 0. The van der Waals surface area contributed by atoms with Gasteiger partial charge in [-0.2, -0.15) is 0 Å². The Morgan fingerprint density at radius 2 is 1.17 bits per heavy atom. The molecule has 0 N–H and O–H groups in total. The molecular weight excluding hydrogens is 216 g/mol. The van der Waals surface area contributed by atoms with E-state index in [9.17, 15) is 0 Å². The summed E-state index contributed by atoms with van der Waals surface area (Å²) >= 11 is 0. The molecule has 0 saturated heterocycles. The maximum absolute atomic E-state index is 2.22. The number of rotatable bonds is 0. The molecule has 3 aromatic carbocycles. The zero-order chi connectivity index (χ0) is 11.9. The van der Waals surface area contributed by atoms with Crippen LogP contribution in [0.4, 0.5) is 0 Å². The summed E-state index contributed by atoms with van der Waals surface area (Å²) in [6.45, 7) is 0. The van der Waals surface area contributed by atoms with Crippen LogP contribution in [-0.2, 0) is 0 Å². The van der Waals surface area contributed by atoms with Gasteiger partial charge >= 0.3 is 0 Å². The average Bonchev–Trinajstić information content (AvgIpc) is 2.60. The summed E-state index contributed by atoms with van der Waals surface area (Å²) in [5.41, 5.74) is 5.26. The predicted molar refractivity (Wildman–Crippen MR) is 78.3 cm³/mol. The Morgan fingerprint density at radius 3 is 2.11 bits per heavy atom. The molecule has 0 heteroatoms.